The number of nitriles is 1. The van der Waals surface area contributed by atoms with Crippen molar-refractivity contribution in [1.29, 1.82) is 5.26 Å². The highest BCUT2D eigenvalue weighted by Crippen LogP contribution is 2.62. The SMILES string of the molecule is N#Cc1cccc(C23CCC(N(CCN4CCC(N)C4)C(=O)Nc4ccc(F)c(F)c4)CC2C3)c1. The third kappa shape index (κ3) is 4.89. The molecular formula is C27H31F2N5O. The summed E-state index contributed by atoms with van der Waals surface area (Å²) < 4.78 is 27.1. The lowest BCUT2D eigenvalue weighted by atomic mass is 9.80. The highest BCUT2D eigenvalue weighted by molar-refractivity contribution is 5.89. The first-order valence-corrected chi connectivity index (χ1v) is 12.4. The molecule has 2 aromatic carbocycles. The van der Waals surface area contributed by atoms with Crippen molar-refractivity contribution in [1.82, 2.24) is 9.80 Å². The molecular weight excluding hydrogens is 448 g/mol. The zero-order chi connectivity index (χ0) is 24.6. The van der Waals surface area contributed by atoms with E-state index in [1.54, 1.807) is 0 Å². The van der Waals surface area contributed by atoms with Gasteiger partial charge in [-0.15, -0.1) is 0 Å². The van der Waals surface area contributed by atoms with Gasteiger partial charge in [0, 0.05) is 43.5 Å². The minimum Gasteiger partial charge on any atom is -0.326 e. The van der Waals surface area contributed by atoms with Crippen molar-refractivity contribution < 1.29 is 13.6 Å². The number of amides is 2. The lowest BCUT2D eigenvalue weighted by molar-refractivity contribution is 0.149. The van der Waals surface area contributed by atoms with E-state index in [9.17, 15) is 18.8 Å². The van der Waals surface area contributed by atoms with Crippen molar-refractivity contribution in [2.45, 2.75) is 49.6 Å². The molecule has 6 nitrogen and oxygen atoms in total. The van der Waals surface area contributed by atoms with Crippen molar-refractivity contribution in [2.75, 3.05) is 31.5 Å². The van der Waals surface area contributed by atoms with E-state index >= 15 is 0 Å². The molecule has 4 atom stereocenters. The third-order valence-electron chi connectivity index (χ3n) is 8.12. The number of benzene rings is 2. The molecule has 3 fully saturated rings. The topological polar surface area (TPSA) is 85.4 Å². The van der Waals surface area contributed by atoms with Crippen LogP contribution in [-0.4, -0.2) is 54.1 Å². The van der Waals surface area contributed by atoms with Crippen molar-refractivity contribution in [3.8, 4) is 6.07 Å². The molecule has 4 unspecified atom stereocenters. The zero-order valence-electron chi connectivity index (χ0n) is 19.7. The Morgan fingerprint density at radius 3 is 2.80 bits per heavy atom. The van der Waals surface area contributed by atoms with Crippen LogP contribution in [0.5, 0.6) is 0 Å². The predicted molar refractivity (Wildman–Crippen MR) is 130 cm³/mol. The number of urea groups is 1. The normalized spacial score (nSPS) is 27.7. The number of carbonyl (C=O) groups excluding carboxylic acids is 1. The Balaban J connectivity index is 1.29. The van der Waals surface area contributed by atoms with Gasteiger partial charge in [0.05, 0.1) is 11.6 Å². The van der Waals surface area contributed by atoms with Crippen LogP contribution in [0.4, 0.5) is 19.3 Å². The van der Waals surface area contributed by atoms with Crippen molar-refractivity contribution in [3.63, 3.8) is 0 Å². The summed E-state index contributed by atoms with van der Waals surface area (Å²) in [6.07, 6.45) is 4.73. The molecule has 0 radical (unpaired) electrons. The van der Waals surface area contributed by atoms with Crippen LogP contribution >= 0.6 is 0 Å². The van der Waals surface area contributed by atoms with Crippen LogP contribution in [0, 0.1) is 28.9 Å². The van der Waals surface area contributed by atoms with E-state index < -0.39 is 11.6 Å². The maximum atomic E-state index is 13.7. The molecule has 184 valence electrons. The molecule has 2 aliphatic carbocycles. The average molecular weight is 480 g/mol. The molecule has 1 saturated heterocycles. The summed E-state index contributed by atoms with van der Waals surface area (Å²) in [5.74, 6) is -1.46. The second-order valence-corrected chi connectivity index (χ2v) is 10.3. The monoisotopic (exact) mass is 479 g/mol. The molecule has 1 heterocycles. The molecule has 2 aromatic rings. The number of likely N-dealkylation sites (tertiary alicyclic amines) is 1. The number of fused-ring (bicyclic) bond motifs is 1. The molecule has 3 aliphatic rings. The van der Waals surface area contributed by atoms with E-state index in [0.717, 1.165) is 63.9 Å². The van der Waals surface area contributed by atoms with Crippen LogP contribution in [0.2, 0.25) is 0 Å². The summed E-state index contributed by atoms with van der Waals surface area (Å²) in [6, 6.07) is 13.5. The standard InChI is InChI=1S/C27H31F2N5O/c28-24-5-4-22(14-25(24)29)32-26(35)34(11-10-33-9-7-21(31)17-33)23-6-8-27(15-20(27)13-23)19-3-1-2-18(12-19)16-30/h1-5,12,14,20-21,23H,6-11,13,15,17,31H2,(H,32,35). The Labute approximate surface area is 204 Å². The summed E-state index contributed by atoms with van der Waals surface area (Å²) in [4.78, 5) is 17.5. The number of halogens is 2. The van der Waals surface area contributed by atoms with Gasteiger partial charge in [0.25, 0.3) is 0 Å². The minimum absolute atomic E-state index is 0.0661. The lowest BCUT2D eigenvalue weighted by Gasteiger charge is -2.37. The quantitative estimate of drug-likeness (QED) is 0.650. The fourth-order valence-electron chi connectivity index (χ4n) is 6.08. The Bertz CT molecular complexity index is 1150. The van der Waals surface area contributed by atoms with Crippen LogP contribution < -0.4 is 11.1 Å². The van der Waals surface area contributed by atoms with Gasteiger partial charge < -0.3 is 16.0 Å². The van der Waals surface area contributed by atoms with Gasteiger partial charge in [0.1, 0.15) is 0 Å². The predicted octanol–water partition coefficient (Wildman–Crippen LogP) is 4.21. The average Bonchev–Trinajstić information content (AvgIpc) is 3.46. The molecule has 0 spiro atoms. The fourth-order valence-corrected chi connectivity index (χ4v) is 6.08. The molecule has 0 bridgehead atoms. The first-order valence-electron chi connectivity index (χ1n) is 12.4. The van der Waals surface area contributed by atoms with E-state index in [-0.39, 0.29) is 29.2 Å². The minimum atomic E-state index is -0.986. The zero-order valence-corrected chi connectivity index (χ0v) is 19.7. The molecule has 35 heavy (non-hydrogen) atoms. The van der Waals surface area contributed by atoms with Crippen LogP contribution in [0.3, 0.4) is 0 Å². The molecule has 2 amide bonds. The van der Waals surface area contributed by atoms with Gasteiger partial charge in [-0.2, -0.15) is 5.26 Å². The van der Waals surface area contributed by atoms with E-state index in [1.165, 1.54) is 11.6 Å². The van der Waals surface area contributed by atoms with Gasteiger partial charge in [-0.3, -0.25) is 4.90 Å². The van der Waals surface area contributed by atoms with Gasteiger partial charge in [0.15, 0.2) is 11.6 Å². The number of carbonyl (C=O) groups is 1. The molecule has 0 aromatic heterocycles. The van der Waals surface area contributed by atoms with Crippen molar-refractivity contribution >= 4 is 11.7 Å². The van der Waals surface area contributed by atoms with Crippen LogP contribution in [0.25, 0.3) is 0 Å². The van der Waals surface area contributed by atoms with E-state index in [4.69, 9.17) is 5.73 Å². The first-order chi connectivity index (χ1) is 16.9. The number of anilines is 1. The first kappa shape index (κ1) is 23.7. The number of rotatable bonds is 6. The Hall–Kier alpha value is -3.02. The number of nitrogens with two attached hydrogens (primary N) is 1. The third-order valence-corrected chi connectivity index (χ3v) is 8.12. The van der Waals surface area contributed by atoms with Gasteiger partial charge in [-0.25, -0.2) is 13.6 Å². The molecule has 8 heteroatoms. The van der Waals surface area contributed by atoms with Gasteiger partial charge in [-0.1, -0.05) is 12.1 Å². The van der Waals surface area contributed by atoms with Gasteiger partial charge >= 0.3 is 6.03 Å². The van der Waals surface area contributed by atoms with Crippen molar-refractivity contribution in [3.05, 3.63) is 65.2 Å². The second kappa shape index (κ2) is 9.56. The summed E-state index contributed by atoms with van der Waals surface area (Å²) in [5, 5.41) is 12.1. The van der Waals surface area contributed by atoms with E-state index in [0.29, 0.717) is 18.0 Å². The summed E-state index contributed by atoms with van der Waals surface area (Å²) in [6.45, 7) is 3.03. The second-order valence-electron chi connectivity index (χ2n) is 10.3. The highest BCUT2D eigenvalue weighted by Gasteiger charge is 2.58. The molecule has 5 rings (SSSR count). The van der Waals surface area contributed by atoms with Crippen LogP contribution in [0.1, 0.15) is 43.2 Å². The Morgan fingerprint density at radius 2 is 2.09 bits per heavy atom. The number of nitrogens with zero attached hydrogens (tertiary/aromatic N) is 3. The number of nitrogens with one attached hydrogen (secondary N) is 1. The Kier molecular flexibility index (Phi) is 6.47. The van der Waals surface area contributed by atoms with Crippen molar-refractivity contribution in [2.24, 2.45) is 11.7 Å². The Morgan fingerprint density at radius 1 is 1.23 bits per heavy atom. The van der Waals surface area contributed by atoms with E-state index in [1.807, 2.05) is 23.1 Å². The van der Waals surface area contributed by atoms with Crippen LogP contribution in [0.15, 0.2) is 42.5 Å². The highest BCUT2D eigenvalue weighted by atomic mass is 19.2. The number of hydrogen-bond donors (Lipinski definition) is 2. The number of hydrogen-bond acceptors (Lipinski definition) is 4. The lowest BCUT2D eigenvalue weighted by Crippen LogP contribution is -2.48. The van der Waals surface area contributed by atoms with E-state index in [2.05, 4.69) is 22.4 Å². The summed E-state index contributed by atoms with van der Waals surface area (Å²) >= 11 is 0. The van der Waals surface area contributed by atoms with Crippen LogP contribution in [-0.2, 0) is 5.41 Å². The summed E-state index contributed by atoms with van der Waals surface area (Å²) in [7, 11) is 0. The smallest absolute Gasteiger partial charge is 0.322 e. The maximum Gasteiger partial charge on any atom is 0.322 e. The van der Waals surface area contributed by atoms with Gasteiger partial charge in [-0.05, 0) is 79.8 Å². The molecule has 3 N–H and O–H groups in total. The largest absolute Gasteiger partial charge is 0.326 e. The molecule has 2 saturated carbocycles. The molecule has 1 aliphatic heterocycles. The summed E-state index contributed by atoms with van der Waals surface area (Å²) in [5.41, 5.74) is 8.31. The maximum absolute atomic E-state index is 13.7. The fraction of sp³-hybridized carbons (Fsp3) is 0.481. The van der Waals surface area contributed by atoms with Gasteiger partial charge in [0.2, 0.25) is 0 Å².